The lowest BCUT2D eigenvalue weighted by atomic mass is 10.1. The summed E-state index contributed by atoms with van der Waals surface area (Å²) in [5.74, 6) is 2.49. The van der Waals surface area contributed by atoms with E-state index in [1.54, 1.807) is 0 Å². The Morgan fingerprint density at radius 1 is 1.15 bits per heavy atom. The summed E-state index contributed by atoms with van der Waals surface area (Å²) in [4.78, 5) is 14.5. The first-order chi connectivity index (χ1) is 13.2. The van der Waals surface area contributed by atoms with E-state index >= 15 is 0 Å². The van der Waals surface area contributed by atoms with Crippen LogP contribution in [0.1, 0.15) is 30.9 Å². The highest BCUT2D eigenvalue weighted by Gasteiger charge is 2.19. The van der Waals surface area contributed by atoms with E-state index in [9.17, 15) is 4.79 Å². The number of carbonyl (C=O) groups is 1. The summed E-state index contributed by atoms with van der Waals surface area (Å²) in [6.45, 7) is 6.85. The number of rotatable bonds is 8. The second-order valence-electron chi connectivity index (χ2n) is 6.62. The Morgan fingerprint density at radius 3 is 2.78 bits per heavy atom. The second kappa shape index (κ2) is 9.31. The van der Waals surface area contributed by atoms with Crippen LogP contribution >= 0.6 is 0 Å². The summed E-state index contributed by atoms with van der Waals surface area (Å²) in [6, 6.07) is 13.8. The molecule has 0 aromatic heterocycles. The van der Waals surface area contributed by atoms with E-state index in [0.29, 0.717) is 45.8 Å². The van der Waals surface area contributed by atoms with Gasteiger partial charge in [-0.25, -0.2) is 0 Å². The predicted octanol–water partition coefficient (Wildman–Crippen LogP) is 3.97. The van der Waals surface area contributed by atoms with E-state index in [2.05, 4.69) is 0 Å². The highest BCUT2D eigenvalue weighted by Crippen LogP contribution is 2.34. The molecule has 0 radical (unpaired) electrons. The van der Waals surface area contributed by atoms with E-state index in [-0.39, 0.29) is 5.91 Å². The molecule has 0 bridgehead atoms. The smallest absolute Gasteiger partial charge is 0.222 e. The van der Waals surface area contributed by atoms with Crippen molar-refractivity contribution in [3.8, 4) is 17.2 Å². The highest BCUT2D eigenvalue weighted by atomic mass is 16.6. The molecule has 2 aromatic carbocycles. The first-order valence-corrected chi connectivity index (χ1v) is 9.52. The molecule has 2 aromatic rings. The first kappa shape index (κ1) is 19.1. The molecule has 1 aliphatic rings. The molecule has 5 nitrogen and oxygen atoms in total. The van der Waals surface area contributed by atoms with Gasteiger partial charge >= 0.3 is 0 Å². The van der Waals surface area contributed by atoms with Gasteiger partial charge in [0, 0.05) is 25.1 Å². The van der Waals surface area contributed by atoms with Crippen LogP contribution in [0.25, 0.3) is 0 Å². The van der Waals surface area contributed by atoms with Gasteiger partial charge in [-0.1, -0.05) is 24.3 Å². The van der Waals surface area contributed by atoms with Crippen molar-refractivity contribution in [1.82, 2.24) is 4.90 Å². The Bertz CT molecular complexity index is 775. The number of aryl methyl sites for hydroxylation is 1. The van der Waals surface area contributed by atoms with Gasteiger partial charge in [0.2, 0.25) is 5.91 Å². The van der Waals surface area contributed by atoms with Crippen molar-refractivity contribution in [3.63, 3.8) is 0 Å². The van der Waals surface area contributed by atoms with Gasteiger partial charge in [-0.05, 0) is 44.0 Å². The molecule has 0 N–H and O–H groups in total. The van der Waals surface area contributed by atoms with Gasteiger partial charge in [0.15, 0.2) is 11.5 Å². The molecule has 1 heterocycles. The van der Waals surface area contributed by atoms with Gasteiger partial charge in [-0.15, -0.1) is 0 Å². The van der Waals surface area contributed by atoms with Crippen LogP contribution in [0.15, 0.2) is 42.5 Å². The minimum absolute atomic E-state index is 0.125. The Kier molecular flexibility index (Phi) is 6.58. The number of carbonyl (C=O) groups excluding carboxylic acids is 1. The molecule has 3 rings (SSSR count). The van der Waals surface area contributed by atoms with E-state index in [1.165, 1.54) is 0 Å². The van der Waals surface area contributed by atoms with Crippen molar-refractivity contribution in [2.45, 2.75) is 33.2 Å². The molecule has 5 heteroatoms. The zero-order valence-corrected chi connectivity index (χ0v) is 16.1. The van der Waals surface area contributed by atoms with E-state index in [0.717, 1.165) is 28.4 Å². The number of fused-ring (bicyclic) bond motifs is 1. The third-order valence-corrected chi connectivity index (χ3v) is 4.54. The van der Waals surface area contributed by atoms with Gasteiger partial charge in [-0.3, -0.25) is 4.79 Å². The van der Waals surface area contributed by atoms with E-state index in [4.69, 9.17) is 14.2 Å². The lowest BCUT2D eigenvalue weighted by molar-refractivity contribution is -0.131. The molecule has 0 saturated carbocycles. The Labute approximate surface area is 160 Å². The van der Waals surface area contributed by atoms with Gasteiger partial charge in [-0.2, -0.15) is 0 Å². The third-order valence-electron chi connectivity index (χ3n) is 4.54. The predicted molar refractivity (Wildman–Crippen MR) is 104 cm³/mol. The van der Waals surface area contributed by atoms with E-state index < -0.39 is 0 Å². The maximum atomic E-state index is 12.6. The maximum absolute atomic E-state index is 12.6. The molecule has 0 unspecified atom stereocenters. The minimum Gasteiger partial charge on any atom is -0.494 e. The molecule has 1 amide bonds. The molecule has 1 aliphatic heterocycles. The Morgan fingerprint density at radius 2 is 1.96 bits per heavy atom. The third kappa shape index (κ3) is 5.16. The standard InChI is InChI=1S/C22H27NO4/c1-3-23(16-18-8-5-10-20-22(18)27-14-13-26-20)21(24)11-6-12-25-19-9-4-7-17(2)15-19/h4-5,7-10,15H,3,6,11-14,16H2,1-2H3. The Balaban J connectivity index is 1.51. The van der Waals surface area contributed by atoms with Crippen LogP contribution in [-0.2, 0) is 11.3 Å². The molecule has 0 fully saturated rings. The van der Waals surface area contributed by atoms with Gasteiger partial charge < -0.3 is 19.1 Å². The molecule has 0 spiro atoms. The molecular formula is C22H27NO4. The SMILES string of the molecule is CCN(Cc1cccc2c1OCCO2)C(=O)CCCOc1cccc(C)c1. The molecule has 0 atom stereocenters. The summed E-state index contributed by atoms with van der Waals surface area (Å²) in [5.41, 5.74) is 2.15. The number of benzene rings is 2. The number of para-hydroxylation sites is 1. The average Bonchev–Trinajstić information content (AvgIpc) is 2.69. The minimum atomic E-state index is 0.125. The lowest BCUT2D eigenvalue weighted by Crippen LogP contribution is -2.31. The number of nitrogens with zero attached hydrogens (tertiary/aromatic N) is 1. The zero-order chi connectivity index (χ0) is 19.1. The van der Waals surface area contributed by atoms with Crippen LogP contribution in [-0.4, -0.2) is 37.2 Å². The second-order valence-corrected chi connectivity index (χ2v) is 6.62. The van der Waals surface area contributed by atoms with Crippen LogP contribution in [0.3, 0.4) is 0 Å². The van der Waals surface area contributed by atoms with Gasteiger partial charge in [0.05, 0.1) is 6.61 Å². The number of hydrogen-bond donors (Lipinski definition) is 0. The maximum Gasteiger partial charge on any atom is 0.222 e. The van der Waals surface area contributed by atoms with Crippen LogP contribution in [0.4, 0.5) is 0 Å². The number of hydrogen-bond acceptors (Lipinski definition) is 4. The molecule has 0 aliphatic carbocycles. The fourth-order valence-electron chi connectivity index (χ4n) is 3.12. The van der Waals surface area contributed by atoms with Gasteiger partial charge in [0.25, 0.3) is 0 Å². The number of ether oxygens (including phenoxy) is 3. The van der Waals surface area contributed by atoms with Crippen molar-refractivity contribution < 1.29 is 19.0 Å². The van der Waals surface area contributed by atoms with Gasteiger partial charge in [0.1, 0.15) is 19.0 Å². The van der Waals surface area contributed by atoms with Crippen LogP contribution in [0.5, 0.6) is 17.2 Å². The monoisotopic (exact) mass is 369 g/mol. The molecule has 27 heavy (non-hydrogen) atoms. The molecule has 144 valence electrons. The van der Waals surface area contributed by atoms with Crippen molar-refractivity contribution >= 4 is 5.91 Å². The van der Waals surface area contributed by atoms with Crippen molar-refractivity contribution in [1.29, 1.82) is 0 Å². The van der Waals surface area contributed by atoms with Crippen LogP contribution in [0, 0.1) is 6.92 Å². The summed E-state index contributed by atoms with van der Waals surface area (Å²) in [6.07, 6.45) is 1.15. The van der Waals surface area contributed by atoms with Crippen molar-refractivity contribution in [2.75, 3.05) is 26.4 Å². The fraction of sp³-hybridized carbons (Fsp3) is 0.409. The lowest BCUT2D eigenvalue weighted by Gasteiger charge is -2.25. The zero-order valence-electron chi connectivity index (χ0n) is 16.1. The first-order valence-electron chi connectivity index (χ1n) is 9.52. The molecular weight excluding hydrogens is 342 g/mol. The summed E-state index contributed by atoms with van der Waals surface area (Å²) in [7, 11) is 0. The summed E-state index contributed by atoms with van der Waals surface area (Å²) in [5, 5.41) is 0. The van der Waals surface area contributed by atoms with Crippen molar-refractivity contribution in [2.24, 2.45) is 0 Å². The quantitative estimate of drug-likeness (QED) is 0.661. The topological polar surface area (TPSA) is 48.0 Å². The Hall–Kier alpha value is -2.69. The fourth-order valence-corrected chi connectivity index (χ4v) is 3.12. The normalized spacial score (nSPS) is 12.5. The summed E-state index contributed by atoms with van der Waals surface area (Å²) < 4.78 is 17.1. The largest absolute Gasteiger partial charge is 0.494 e. The number of amides is 1. The van der Waals surface area contributed by atoms with Crippen molar-refractivity contribution in [3.05, 3.63) is 53.6 Å². The average molecular weight is 369 g/mol. The van der Waals surface area contributed by atoms with Crippen LogP contribution in [0.2, 0.25) is 0 Å². The van der Waals surface area contributed by atoms with Crippen LogP contribution < -0.4 is 14.2 Å². The highest BCUT2D eigenvalue weighted by molar-refractivity contribution is 5.76. The molecule has 0 saturated heterocycles. The van der Waals surface area contributed by atoms with E-state index in [1.807, 2.05) is 61.2 Å². The summed E-state index contributed by atoms with van der Waals surface area (Å²) >= 11 is 0.